The minimum Gasteiger partial charge on any atom is -0.428 e. The van der Waals surface area contributed by atoms with E-state index in [2.05, 4.69) is 10.1 Å². The van der Waals surface area contributed by atoms with Gasteiger partial charge in [0.1, 0.15) is 17.4 Å². The van der Waals surface area contributed by atoms with Gasteiger partial charge >= 0.3 is 12.5 Å². The molecule has 4 aromatic rings. The van der Waals surface area contributed by atoms with E-state index in [1.807, 2.05) is 0 Å². The molecular formula is C31H25F6NO3. The number of hydrogen-bond donors (Lipinski definition) is 2. The molecule has 0 heterocycles. The SMILES string of the molecule is O=C(CC(O)c1ccccc1)NC(Cc1ccccc1)(c1ccc(F)cc1)c1cc(F)cc(OC(F)(F)C(F)F)c1. The Morgan fingerprint density at radius 1 is 0.805 bits per heavy atom. The normalized spacial score (nSPS) is 13.9. The number of aliphatic hydroxyl groups excluding tert-OH is 1. The fraction of sp³-hybridized carbons (Fsp3) is 0.194. The molecule has 2 atom stereocenters. The fourth-order valence-electron chi connectivity index (χ4n) is 4.52. The average Bonchev–Trinajstić information content (AvgIpc) is 2.93. The zero-order valence-corrected chi connectivity index (χ0v) is 21.4. The molecule has 0 spiro atoms. The zero-order valence-electron chi connectivity index (χ0n) is 21.4. The summed E-state index contributed by atoms with van der Waals surface area (Å²) in [5.41, 5.74) is -0.611. The summed E-state index contributed by atoms with van der Waals surface area (Å²) < 4.78 is 86.4. The third-order valence-electron chi connectivity index (χ3n) is 6.44. The number of aliphatic hydroxyl groups is 1. The van der Waals surface area contributed by atoms with E-state index in [-0.39, 0.29) is 17.5 Å². The molecule has 2 unspecified atom stereocenters. The van der Waals surface area contributed by atoms with E-state index in [1.165, 1.54) is 12.1 Å². The number of benzene rings is 4. The van der Waals surface area contributed by atoms with Crippen molar-refractivity contribution in [1.29, 1.82) is 0 Å². The molecule has 0 bridgehead atoms. The molecule has 0 aromatic heterocycles. The Morgan fingerprint density at radius 2 is 1.41 bits per heavy atom. The molecular weight excluding hydrogens is 548 g/mol. The van der Waals surface area contributed by atoms with E-state index in [9.17, 15) is 36.2 Å². The summed E-state index contributed by atoms with van der Waals surface area (Å²) >= 11 is 0. The summed E-state index contributed by atoms with van der Waals surface area (Å²) in [6, 6.07) is 24.1. The van der Waals surface area contributed by atoms with Crippen LogP contribution in [0.3, 0.4) is 0 Å². The van der Waals surface area contributed by atoms with E-state index >= 15 is 0 Å². The molecule has 214 valence electrons. The van der Waals surface area contributed by atoms with Gasteiger partial charge in [0.25, 0.3) is 0 Å². The van der Waals surface area contributed by atoms with Crippen LogP contribution in [-0.2, 0) is 16.8 Å². The molecule has 0 fully saturated rings. The van der Waals surface area contributed by atoms with Crippen LogP contribution in [0, 0.1) is 11.6 Å². The molecule has 0 radical (unpaired) electrons. The van der Waals surface area contributed by atoms with Gasteiger partial charge < -0.3 is 15.2 Å². The Hall–Kier alpha value is -4.31. The molecule has 10 heteroatoms. The van der Waals surface area contributed by atoms with E-state index < -0.39 is 53.9 Å². The van der Waals surface area contributed by atoms with Crippen LogP contribution in [0.5, 0.6) is 5.75 Å². The predicted octanol–water partition coefficient (Wildman–Crippen LogP) is 6.93. The predicted molar refractivity (Wildman–Crippen MR) is 139 cm³/mol. The molecule has 1 amide bonds. The third-order valence-corrected chi connectivity index (χ3v) is 6.44. The van der Waals surface area contributed by atoms with Gasteiger partial charge in [0, 0.05) is 12.5 Å². The van der Waals surface area contributed by atoms with Crippen LogP contribution in [0.25, 0.3) is 0 Å². The highest BCUT2D eigenvalue weighted by atomic mass is 19.3. The second-order valence-corrected chi connectivity index (χ2v) is 9.39. The minimum absolute atomic E-state index is 0.0965. The number of halogens is 6. The second kappa shape index (κ2) is 12.5. The van der Waals surface area contributed by atoms with Gasteiger partial charge in [-0.25, -0.2) is 8.78 Å². The van der Waals surface area contributed by atoms with Crippen molar-refractivity contribution in [2.75, 3.05) is 0 Å². The lowest BCUT2D eigenvalue weighted by molar-refractivity contribution is -0.253. The first kappa shape index (κ1) is 29.7. The van der Waals surface area contributed by atoms with Crippen molar-refractivity contribution in [1.82, 2.24) is 5.32 Å². The Balaban J connectivity index is 1.85. The smallest absolute Gasteiger partial charge is 0.428 e. The van der Waals surface area contributed by atoms with Crippen molar-refractivity contribution in [3.63, 3.8) is 0 Å². The number of rotatable bonds is 11. The Kier molecular flexibility index (Phi) is 9.02. The molecule has 0 aliphatic heterocycles. The van der Waals surface area contributed by atoms with Gasteiger partial charge in [-0.15, -0.1) is 0 Å². The Labute approximate surface area is 232 Å². The van der Waals surface area contributed by atoms with E-state index in [0.717, 1.165) is 24.3 Å². The van der Waals surface area contributed by atoms with Gasteiger partial charge in [0.15, 0.2) is 0 Å². The van der Waals surface area contributed by atoms with Crippen LogP contribution in [0.4, 0.5) is 26.3 Å². The molecule has 0 saturated carbocycles. The van der Waals surface area contributed by atoms with Gasteiger partial charge in [-0.2, -0.15) is 17.6 Å². The highest BCUT2D eigenvalue weighted by molar-refractivity contribution is 5.79. The van der Waals surface area contributed by atoms with E-state index in [0.29, 0.717) is 17.2 Å². The van der Waals surface area contributed by atoms with Crippen molar-refractivity contribution in [3.05, 3.63) is 137 Å². The summed E-state index contributed by atoms with van der Waals surface area (Å²) in [4.78, 5) is 13.4. The molecule has 2 N–H and O–H groups in total. The zero-order chi connectivity index (χ0) is 29.6. The van der Waals surface area contributed by atoms with E-state index in [1.54, 1.807) is 60.7 Å². The fourth-order valence-corrected chi connectivity index (χ4v) is 4.52. The largest absolute Gasteiger partial charge is 0.461 e. The van der Waals surface area contributed by atoms with Gasteiger partial charge in [0.2, 0.25) is 5.91 Å². The number of nitrogens with one attached hydrogen (secondary N) is 1. The molecule has 0 aliphatic carbocycles. The maximum absolute atomic E-state index is 14.9. The summed E-state index contributed by atoms with van der Waals surface area (Å²) in [7, 11) is 0. The monoisotopic (exact) mass is 573 g/mol. The lowest BCUT2D eigenvalue weighted by atomic mass is 9.77. The average molecular weight is 574 g/mol. The molecule has 4 aromatic carbocycles. The lowest BCUT2D eigenvalue weighted by Gasteiger charge is -2.37. The van der Waals surface area contributed by atoms with Gasteiger partial charge in [-0.3, -0.25) is 4.79 Å². The van der Waals surface area contributed by atoms with Crippen molar-refractivity contribution < 1.29 is 41.0 Å². The van der Waals surface area contributed by atoms with Crippen LogP contribution in [0.2, 0.25) is 0 Å². The number of carbonyl (C=O) groups excluding carboxylic acids is 1. The van der Waals surface area contributed by atoms with Crippen LogP contribution in [-0.4, -0.2) is 23.5 Å². The topological polar surface area (TPSA) is 58.6 Å². The third kappa shape index (κ3) is 7.26. The number of alkyl halides is 4. The molecule has 41 heavy (non-hydrogen) atoms. The Morgan fingerprint density at radius 3 is 2.02 bits per heavy atom. The lowest BCUT2D eigenvalue weighted by Crippen LogP contribution is -2.49. The summed E-state index contributed by atoms with van der Waals surface area (Å²) in [5.74, 6) is -3.36. The maximum atomic E-state index is 14.9. The molecule has 0 aliphatic rings. The highest BCUT2D eigenvalue weighted by Crippen LogP contribution is 2.38. The summed E-state index contributed by atoms with van der Waals surface area (Å²) in [6.07, 6.45) is -10.9. The molecule has 0 saturated heterocycles. The number of hydrogen-bond acceptors (Lipinski definition) is 3. The first-order chi connectivity index (χ1) is 19.5. The van der Waals surface area contributed by atoms with Crippen LogP contribution >= 0.6 is 0 Å². The van der Waals surface area contributed by atoms with E-state index in [4.69, 9.17) is 0 Å². The standard InChI is InChI=1S/C31H25F6NO3/c32-24-13-11-22(12-14-24)30(19-20-7-3-1-4-8-20,38-28(40)18-27(39)21-9-5-2-6-10-21)23-15-25(33)17-26(16-23)41-31(36,37)29(34)35/h1-17,27,29,39H,18-19H2,(H,38,40). The number of amides is 1. The molecule has 4 nitrogen and oxygen atoms in total. The number of carbonyl (C=O) groups is 1. The molecule has 4 rings (SSSR count). The minimum atomic E-state index is -4.92. The van der Waals surface area contributed by atoms with Gasteiger partial charge in [0.05, 0.1) is 18.1 Å². The first-order valence-electron chi connectivity index (χ1n) is 12.5. The van der Waals surface area contributed by atoms with Crippen molar-refractivity contribution >= 4 is 5.91 Å². The van der Waals surface area contributed by atoms with Crippen LogP contribution in [0.15, 0.2) is 103 Å². The number of ether oxygens (including phenoxy) is 1. The van der Waals surface area contributed by atoms with Crippen LogP contribution in [0.1, 0.15) is 34.8 Å². The summed E-state index contributed by atoms with van der Waals surface area (Å²) in [6.45, 7) is 0. The van der Waals surface area contributed by atoms with Crippen molar-refractivity contribution in [3.8, 4) is 5.75 Å². The second-order valence-electron chi connectivity index (χ2n) is 9.39. The van der Waals surface area contributed by atoms with Gasteiger partial charge in [-0.05, 0) is 46.5 Å². The van der Waals surface area contributed by atoms with Crippen LogP contribution < -0.4 is 10.1 Å². The first-order valence-corrected chi connectivity index (χ1v) is 12.5. The maximum Gasteiger partial charge on any atom is 0.461 e. The quantitative estimate of drug-likeness (QED) is 0.192. The highest BCUT2D eigenvalue weighted by Gasteiger charge is 2.45. The van der Waals surface area contributed by atoms with Crippen molar-refractivity contribution in [2.24, 2.45) is 0 Å². The Bertz CT molecular complexity index is 1450. The summed E-state index contributed by atoms with van der Waals surface area (Å²) in [5, 5.41) is 13.5. The van der Waals surface area contributed by atoms with Gasteiger partial charge in [-0.1, -0.05) is 72.8 Å². The van der Waals surface area contributed by atoms with Crippen molar-refractivity contribution in [2.45, 2.75) is 37.0 Å².